The second-order valence-corrected chi connectivity index (χ2v) is 4.83. The first kappa shape index (κ1) is 12.5. The van der Waals surface area contributed by atoms with E-state index < -0.39 is 5.97 Å². The maximum atomic E-state index is 12.4. The van der Waals surface area contributed by atoms with Crippen molar-refractivity contribution in [2.24, 2.45) is 0 Å². The van der Waals surface area contributed by atoms with Gasteiger partial charge in [-0.3, -0.25) is 4.79 Å². The van der Waals surface area contributed by atoms with Crippen molar-refractivity contribution in [3.05, 3.63) is 34.8 Å². The summed E-state index contributed by atoms with van der Waals surface area (Å²) in [6.45, 7) is 0.599. The lowest BCUT2D eigenvalue weighted by Crippen LogP contribution is -2.38. The minimum atomic E-state index is -1.09. The number of rotatable bonds is 2. The van der Waals surface area contributed by atoms with Crippen molar-refractivity contribution in [3.8, 4) is 5.75 Å². The number of carboxylic acids is 1. The van der Waals surface area contributed by atoms with Crippen LogP contribution in [0.25, 0.3) is 0 Å². The number of amides is 1. The first-order chi connectivity index (χ1) is 9.68. The fourth-order valence-corrected chi connectivity index (χ4v) is 2.49. The first-order valence-corrected chi connectivity index (χ1v) is 6.54. The number of carbonyl (C=O) groups excluding carboxylic acids is 1. The third-order valence-electron chi connectivity index (χ3n) is 2.89. The van der Waals surface area contributed by atoms with Crippen LogP contribution in [0.3, 0.4) is 0 Å². The van der Waals surface area contributed by atoms with Crippen LogP contribution in [0.1, 0.15) is 20.0 Å². The third kappa shape index (κ3) is 1.99. The van der Waals surface area contributed by atoms with E-state index in [2.05, 4.69) is 9.59 Å². The van der Waals surface area contributed by atoms with Crippen molar-refractivity contribution in [1.29, 1.82) is 0 Å². The number of para-hydroxylation sites is 1. The number of anilines is 1. The van der Waals surface area contributed by atoms with E-state index >= 15 is 0 Å². The minimum Gasteiger partial charge on any atom is -0.489 e. The summed E-state index contributed by atoms with van der Waals surface area (Å²) in [7, 11) is 0. The van der Waals surface area contributed by atoms with Crippen LogP contribution in [0.2, 0.25) is 0 Å². The van der Waals surface area contributed by atoms with Crippen LogP contribution in [-0.4, -0.2) is 39.7 Å². The second-order valence-electron chi connectivity index (χ2n) is 4.05. The normalized spacial score (nSPS) is 13.5. The molecule has 2 heterocycles. The smallest absolute Gasteiger partial charge is 0.339 e. The van der Waals surface area contributed by atoms with Crippen molar-refractivity contribution in [2.75, 3.05) is 18.1 Å². The van der Waals surface area contributed by atoms with E-state index in [9.17, 15) is 9.59 Å². The first-order valence-electron chi connectivity index (χ1n) is 5.77. The number of aromatic nitrogens is 2. The van der Waals surface area contributed by atoms with E-state index in [0.717, 1.165) is 11.5 Å². The van der Waals surface area contributed by atoms with E-state index in [4.69, 9.17) is 9.84 Å². The molecule has 0 fully saturated rings. The molecule has 3 rings (SSSR count). The molecule has 1 amide bonds. The highest BCUT2D eigenvalue weighted by molar-refractivity contribution is 7.07. The Morgan fingerprint density at radius 3 is 2.95 bits per heavy atom. The van der Waals surface area contributed by atoms with Crippen LogP contribution in [0.15, 0.2) is 24.4 Å². The summed E-state index contributed by atoms with van der Waals surface area (Å²) < 4.78 is 9.07. The molecule has 0 spiro atoms. The molecule has 8 heteroatoms. The van der Waals surface area contributed by atoms with Crippen LogP contribution in [0.4, 0.5) is 5.69 Å². The molecule has 0 saturated carbocycles. The minimum absolute atomic E-state index is 0.0439. The summed E-state index contributed by atoms with van der Waals surface area (Å²) in [5.74, 6) is -1.13. The van der Waals surface area contributed by atoms with E-state index in [1.54, 1.807) is 12.1 Å². The van der Waals surface area contributed by atoms with Gasteiger partial charge in [0.15, 0.2) is 5.75 Å². The summed E-state index contributed by atoms with van der Waals surface area (Å²) in [5, 5.41) is 12.8. The molecule has 0 atom stereocenters. The Morgan fingerprint density at radius 2 is 2.25 bits per heavy atom. The van der Waals surface area contributed by atoms with Crippen molar-refractivity contribution in [1.82, 2.24) is 9.59 Å². The molecular weight excluding hydrogens is 282 g/mol. The average Bonchev–Trinajstić information content (AvgIpc) is 2.99. The number of benzene rings is 1. The van der Waals surface area contributed by atoms with Gasteiger partial charge < -0.3 is 14.7 Å². The number of aromatic carboxylic acids is 1. The molecule has 0 bridgehead atoms. The van der Waals surface area contributed by atoms with Crippen LogP contribution < -0.4 is 9.64 Å². The molecular formula is C12H9N3O4S. The highest BCUT2D eigenvalue weighted by Crippen LogP contribution is 2.35. The number of hydrogen-bond donors (Lipinski definition) is 1. The highest BCUT2D eigenvalue weighted by atomic mass is 32.1. The lowest BCUT2D eigenvalue weighted by Gasteiger charge is -2.29. The summed E-state index contributed by atoms with van der Waals surface area (Å²) in [5.41, 5.74) is 0.497. The SMILES string of the molecule is O=C(O)c1cccc2c1OCCN2C(=O)c1cnns1. The number of hydrogen-bond acceptors (Lipinski definition) is 6. The number of fused-ring (bicyclic) bond motifs is 1. The summed E-state index contributed by atoms with van der Waals surface area (Å²) >= 11 is 1.00. The second kappa shape index (κ2) is 4.89. The molecule has 0 saturated heterocycles. The summed E-state index contributed by atoms with van der Waals surface area (Å²) in [4.78, 5) is 25.4. The van der Waals surface area contributed by atoms with E-state index in [1.807, 2.05) is 0 Å². The Morgan fingerprint density at radius 1 is 1.40 bits per heavy atom. The van der Waals surface area contributed by atoms with Gasteiger partial charge in [0, 0.05) is 0 Å². The molecule has 1 aromatic carbocycles. The van der Waals surface area contributed by atoms with Crippen LogP contribution in [0, 0.1) is 0 Å². The molecule has 7 nitrogen and oxygen atoms in total. The Balaban J connectivity index is 2.05. The Labute approximate surface area is 117 Å². The molecule has 1 aliphatic rings. The van der Waals surface area contributed by atoms with Crippen molar-refractivity contribution >= 4 is 29.1 Å². The number of ether oxygens (including phenoxy) is 1. The lowest BCUT2D eigenvalue weighted by atomic mass is 10.1. The van der Waals surface area contributed by atoms with Gasteiger partial charge >= 0.3 is 5.97 Å². The van der Waals surface area contributed by atoms with Gasteiger partial charge in [-0.05, 0) is 23.7 Å². The molecule has 102 valence electrons. The van der Waals surface area contributed by atoms with Crippen molar-refractivity contribution in [3.63, 3.8) is 0 Å². The van der Waals surface area contributed by atoms with Gasteiger partial charge in [0.05, 0.1) is 18.4 Å². The van der Waals surface area contributed by atoms with E-state index in [1.165, 1.54) is 17.2 Å². The topological polar surface area (TPSA) is 92.6 Å². The Hall–Kier alpha value is -2.48. The summed E-state index contributed by atoms with van der Waals surface area (Å²) in [6, 6.07) is 4.69. The largest absolute Gasteiger partial charge is 0.489 e. The molecule has 1 aliphatic heterocycles. The highest BCUT2D eigenvalue weighted by Gasteiger charge is 2.28. The third-order valence-corrected chi connectivity index (χ3v) is 3.55. The maximum absolute atomic E-state index is 12.4. The van der Waals surface area contributed by atoms with Gasteiger partial charge in [-0.15, -0.1) is 5.10 Å². The monoisotopic (exact) mass is 291 g/mol. The quantitative estimate of drug-likeness (QED) is 0.895. The van der Waals surface area contributed by atoms with Gasteiger partial charge in [-0.2, -0.15) is 0 Å². The zero-order valence-corrected chi connectivity index (χ0v) is 11.0. The van der Waals surface area contributed by atoms with Gasteiger partial charge in [0.2, 0.25) is 0 Å². The van der Waals surface area contributed by atoms with E-state index in [0.29, 0.717) is 17.1 Å². The van der Waals surface area contributed by atoms with Crippen molar-refractivity contribution < 1.29 is 19.4 Å². The molecule has 1 N–H and O–H groups in total. The fraction of sp³-hybridized carbons (Fsp3) is 0.167. The van der Waals surface area contributed by atoms with Gasteiger partial charge in [-0.1, -0.05) is 10.6 Å². The van der Waals surface area contributed by atoms with E-state index in [-0.39, 0.29) is 23.8 Å². The molecule has 0 aliphatic carbocycles. The Kier molecular flexibility index (Phi) is 3.07. The number of nitrogens with zero attached hydrogens (tertiary/aromatic N) is 3. The van der Waals surface area contributed by atoms with Crippen LogP contribution in [0.5, 0.6) is 5.75 Å². The molecule has 2 aromatic rings. The van der Waals surface area contributed by atoms with Crippen LogP contribution in [-0.2, 0) is 0 Å². The van der Waals surface area contributed by atoms with Crippen molar-refractivity contribution in [2.45, 2.75) is 0 Å². The Bertz CT molecular complexity index is 671. The zero-order valence-electron chi connectivity index (χ0n) is 10.1. The summed E-state index contributed by atoms with van der Waals surface area (Å²) in [6.07, 6.45) is 1.39. The molecule has 1 aromatic heterocycles. The average molecular weight is 291 g/mol. The molecule has 20 heavy (non-hydrogen) atoms. The maximum Gasteiger partial charge on any atom is 0.339 e. The predicted molar refractivity (Wildman–Crippen MR) is 70.5 cm³/mol. The molecule has 0 radical (unpaired) electrons. The number of carboxylic acid groups (broad SMARTS) is 1. The predicted octanol–water partition coefficient (Wildman–Crippen LogP) is 1.28. The lowest BCUT2D eigenvalue weighted by molar-refractivity contribution is 0.0690. The molecule has 0 unspecified atom stereocenters. The van der Waals surface area contributed by atoms with Gasteiger partial charge in [0.25, 0.3) is 5.91 Å². The fourth-order valence-electron chi connectivity index (χ4n) is 2.02. The van der Waals surface area contributed by atoms with Gasteiger partial charge in [-0.25, -0.2) is 4.79 Å². The zero-order chi connectivity index (χ0) is 14.1. The van der Waals surface area contributed by atoms with Crippen LogP contribution >= 0.6 is 11.5 Å². The number of carbonyl (C=O) groups is 2. The van der Waals surface area contributed by atoms with Gasteiger partial charge in [0.1, 0.15) is 17.0 Å². The standard InChI is InChI=1S/C12H9N3O4S/c16-11(9-6-13-14-20-9)15-4-5-19-10-7(12(17)18)2-1-3-8(10)15/h1-3,6H,4-5H2,(H,17,18).